The molecule has 1 fully saturated rings. The van der Waals surface area contributed by atoms with E-state index in [2.05, 4.69) is 10.6 Å². The molecule has 6 nitrogen and oxygen atoms in total. The van der Waals surface area contributed by atoms with Gasteiger partial charge in [-0.1, -0.05) is 12.1 Å². The second-order valence-electron chi connectivity index (χ2n) is 6.43. The first kappa shape index (κ1) is 20.7. The van der Waals surface area contributed by atoms with Gasteiger partial charge in [0.25, 0.3) is 5.91 Å². The van der Waals surface area contributed by atoms with E-state index in [1.165, 1.54) is 0 Å². The number of rotatable bonds is 7. The van der Waals surface area contributed by atoms with Crippen molar-refractivity contribution < 1.29 is 14.3 Å². The lowest BCUT2D eigenvalue weighted by Crippen LogP contribution is -2.15. The lowest BCUT2D eigenvalue weighted by molar-refractivity contribution is -0.116. The summed E-state index contributed by atoms with van der Waals surface area (Å²) in [5, 5.41) is 6.21. The van der Waals surface area contributed by atoms with Crippen LogP contribution >= 0.6 is 12.4 Å². The van der Waals surface area contributed by atoms with Gasteiger partial charge in [-0.25, -0.2) is 0 Å². The van der Waals surface area contributed by atoms with Crippen LogP contribution in [0, 0.1) is 5.92 Å². The molecule has 1 aliphatic heterocycles. The molecule has 1 heterocycles. The smallest absolute Gasteiger partial charge is 0.252 e. The number of hydrogen-bond acceptors (Lipinski definition) is 4. The van der Waals surface area contributed by atoms with Gasteiger partial charge in [-0.15, -0.1) is 12.4 Å². The van der Waals surface area contributed by atoms with E-state index in [4.69, 9.17) is 10.5 Å². The van der Waals surface area contributed by atoms with Gasteiger partial charge >= 0.3 is 0 Å². The van der Waals surface area contributed by atoms with Crippen LogP contribution in [0.1, 0.15) is 29.6 Å². The second kappa shape index (κ2) is 9.94. The number of hydrogen-bond donors (Lipinski definition) is 3. The van der Waals surface area contributed by atoms with Crippen LogP contribution in [0.5, 0.6) is 11.5 Å². The third-order valence-electron chi connectivity index (χ3n) is 4.46. The number of amides is 2. The maximum Gasteiger partial charge on any atom is 0.252 e. The Labute approximate surface area is 164 Å². The molecule has 0 aliphatic carbocycles. The number of benzene rings is 2. The molecule has 0 spiro atoms. The van der Waals surface area contributed by atoms with E-state index in [-0.39, 0.29) is 18.3 Å². The van der Waals surface area contributed by atoms with E-state index < -0.39 is 5.91 Å². The highest BCUT2D eigenvalue weighted by atomic mass is 35.5. The highest BCUT2D eigenvalue weighted by Gasteiger charge is 2.15. The van der Waals surface area contributed by atoms with Crippen molar-refractivity contribution in [3.8, 4) is 11.5 Å². The third kappa shape index (κ3) is 5.98. The average molecular weight is 390 g/mol. The molecule has 1 saturated heterocycles. The van der Waals surface area contributed by atoms with Gasteiger partial charge in [0.15, 0.2) is 0 Å². The fraction of sp³-hybridized carbons (Fsp3) is 0.300. The molecule has 0 aromatic heterocycles. The van der Waals surface area contributed by atoms with E-state index >= 15 is 0 Å². The fourth-order valence-electron chi connectivity index (χ4n) is 3.01. The molecule has 2 amide bonds. The second-order valence-corrected chi connectivity index (χ2v) is 6.43. The standard InChI is InChI=1S/C20H23N3O3.ClH/c21-20(25)17-3-1-2-4-18(17)26-16-8-6-15(7-9-16)23-19(24)10-5-14-11-12-22-13-14;/h1-4,6-9,14,22H,5,10-13H2,(H2,21,25)(H,23,24);1H. The number of ether oxygens (including phenoxy) is 1. The first-order valence-corrected chi connectivity index (χ1v) is 8.79. The average Bonchev–Trinajstić information content (AvgIpc) is 3.15. The molecule has 3 rings (SSSR count). The molecule has 27 heavy (non-hydrogen) atoms. The van der Waals surface area contributed by atoms with E-state index in [9.17, 15) is 9.59 Å². The SMILES string of the molecule is Cl.NC(=O)c1ccccc1Oc1ccc(NC(=O)CCC2CCNC2)cc1. The Morgan fingerprint density at radius 1 is 1.15 bits per heavy atom. The summed E-state index contributed by atoms with van der Waals surface area (Å²) in [7, 11) is 0. The summed E-state index contributed by atoms with van der Waals surface area (Å²) >= 11 is 0. The summed E-state index contributed by atoms with van der Waals surface area (Å²) in [6.07, 6.45) is 2.58. The Morgan fingerprint density at radius 2 is 1.89 bits per heavy atom. The largest absolute Gasteiger partial charge is 0.457 e. The van der Waals surface area contributed by atoms with Crippen LogP contribution in [0.3, 0.4) is 0 Å². The van der Waals surface area contributed by atoms with Crippen molar-refractivity contribution in [1.82, 2.24) is 5.32 Å². The summed E-state index contributed by atoms with van der Waals surface area (Å²) in [5.74, 6) is 1.05. The van der Waals surface area contributed by atoms with E-state index in [1.54, 1.807) is 48.5 Å². The summed E-state index contributed by atoms with van der Waals surface area (Å²) in [5.41, 5.74) is 6.39. The zero-order chi connectivity index (χ0) is 18.4. The summed E-state index contributed by atoms with van der Waals surface area (Å²) in [4.78, 5) is 23.5. The predicted octanol–water partition coefficient (Wildman–Crippen LogP) is 3.33. The van der Waals surface area contributed by atoms with Crippen molar-refractivity contribution in [3.63, 3.8) is 0 Å². The predicted molar refractivity (Wildman–Crippen MR) is 108 cm³/mol. The number of nitrogens with one attached hydrogen (secondary N) is 2. The van der Waals surface area contributed by atoms with Crippen molar-refractivity contribution in [2.45, 2.75) is 19.3 Å². The Hall–Kier alpha value is -2.57. The molecule has 7 heteroatoms. The van der Waals surface area contributed by atoms with Gasteiger partial charge in [0.05, 0.1) is 5.56 Å². The molecule has 2 aromatic carbocycles. The number of para-hydroxylation sites is 1. The van der Waals surface area contributed by atoms with Gasteiger partial charge in [-0.05, 0) is 68.2 Å². The van der Waals surface area contributed by atoms with Crippen LogP contribution in [0.2, 0.25) is 0 Å². The van der Waals surface area contributed by atoms with Gasteiger partial charge in [0.1, 0.15) is 11.5 Å². The number of primary amides is 1. The minimum absolute atomic E-state index is 0. The van der Waals surface area contributed by atoms with Crippen molar-refractivity contribution in [2.75, 3.05) is 18.4 Å². The molecule has 1 aliphatic rings. The maximum absolute atomic E-state index is 12.1. The number of nitrogens with two attached hydrogens (primary N) is 1. The van der Waals surface area contributed by atoms with Crippen molar-refractivity contribution in [1.29, 1.82) is 0 Å². The first-order valence-electron chi connectivity index (χ1n) is 8.79. The number of halogens is 1. The van der Waals surface area contributed by atoms with Crippen LogP contribution in [0.25, 0.3) is 0 Å². The summed E-state index contributed by atoms with van der Waals surface area (Å²) in [6.45, 7) is 2.05. The van der Waals surface area contributed by atoms with Gasteiger partial charge in [-0.3, -0.25) is 9.59 Å². The van der Waals surface area contributed by atoms with Gasteiger partial charge in [-0.2, -0.15) is 0 Å². The van der Waals surface area contributed by atoms with Crippen molar-refractivity contribution in [2.24, 2.45) is 11.7 Å². The van der Waals surface area contributed by atoms with E-state index in [1.807, 2.05) is 0 Å². The topological polar surface area (TPSA) is 93.5 Å². The lowest BCUT2D eigenvalue weighted by Gasteiger charge is -2.11. The molecule has 0 saturated carbocycles. The minimum Gasteiger partial charge on any atom is -0.457 e. The normalized spacial score (nSPS) is 15.6. The highest BCUT2D eigenvalue weighted by molar-refractivity contribution is 5.95. The Kier molecular flexibility index (Phi) is 7.64. The summed E-state index contributed by atoms with van der Waals surface area (Å²) < 4.78 is 5.73. The molecule has 0 bridgehead atoms. The zero-order valence-corrected chi connectivity index (χ0v) is 15.8. The molecule has 1 atom stereocenters. The lowest BCUT2D eigenvalue weighted by atomic mass is 10.0. The molecule has 0 radical (unpaired) electrons. The minimum atomic E-state index is -0.540. The Balaban J connectivity index is 0.00000261. The van der Waals surface area contributed by atoms with E-state index in [0.29, 0.717) is 29.4 Å². The molecule has 4 N–H and O–H groups in total. The van der Waals surface area contributed by atoms with Gasteiger partial charge < -0.3 is 21.1 Å². The van der Waals surface area contributed by atoms with E-state index in [0.717, 1.165) is 31.6 Å². The number of carbonyl (C=O) groups is 2. The van der Waals surface area contributed by atoms with Crippen LogP contribution in [-0.2, 0) is 4.79 Å². The monoisotopic (exact) mass is 389 g/mol. The Bertz CT molecular complexity index is 774. The highest BCUT2D eigenvalue weighted by Crippen LogP contribution is 2.26. The maximum atomic E-state index is 12.1. The van der Waals surface area contributed by atoms with Crippen LogP contribution in [-0.4, -0.2) is 24.9 Å². The quantitative estimate of drug-likeness (QED) is 0.677. The molecular formula is C20H24ClN3O3. The number of anilines is 1. The molecule has 1 unspecified atom stereocenters. The van der Waals surface area contributed by atoms with Crippen molar-refractivity contribution >= 4 is 29.9 Å². The third-order valence-corrected chi connectivity index (χ3v) is 4.46. The van der Waals surface area contributed by atoms with Crippen molar-refractivity contribution in [3.05, 3.63) is 54.1 Å². The van der Waals surface area contributed by atoms with Gasteiger partial charge in [0.2, 0.25) is 5.91 Å². The number of carbonyl (C=O) groups excluding carboxylic acids is 2. The zero-order valence-electron chi connectivity index (χ0n) is 14.9. The fourth-order valence-corrected chi connectivity index (χ4v) is 3.01. The molecule has 144 valence electrons. The van der Waals surface area contributed by atoms with Crippen LogP contribution < -0.4 is 21.1 Å². The van der Waals surface area contributed by atoms with Crippen LogP contribution in [0.15, 0.2) is 48.5 Å². The molecular weight excluding hydrogens is 366 g/mol. The van der Waals surface area contributed by atoms with Crippen LogP contribution in [0.4, 0.5) is 5.69 Å². The first-order chi connectivity index (χ1) is 12.6. The Morgan fingerprint density at radius 3 is 2.56 bits per heavy atom. The summed E-state index contributed by atoms with van der Waals surface area (Å²) in [6, 6.07) is 13.8. The molecule has 2 aromatic rings. The van der Waals surface area contributed by atoms with Gasteiger partial charge in [0, 0.05) is 12.1 Å².